The van der Waals surface area contributed by atoms with Crippen LogP contribution in [0.1, 0.15) is 12.8 Å². The van der Waals surface area contributed by atoms with E-state index in [0.29, 0.717) is 11.9 Å². The number of amides is 2. The first kappa shape index (κ1) is 8.67. The summed E-state index contributed by atoms with van der Waals surface area (Å²) in [4.78, 5) is 26.6. The van der Waals surface area contributed by atoms with Crippen molar-refractivity contribution in [1.29, 1.82) is 0 Å². The zero-order chi connectivity index (χ0) is 8.27. The van der Waals surface area contributed by atoms with Crippen LogP contribution in [-0.2, 0) is 14.4 Å². The first-order valence-electron chi connectivity index (χ1n) is 3.30. The molecule has 0 N–H and O–H groups in total. The van der Waals surface area contributed by atoms with E-state index in [1.54, 1.807) is 0 Å². The highest BCUT2D eigenvalue weighted by Gasteiger charge is 2.29. The molecule has 0 aliphatic carbocycles. The predicted octanol–water partition coefficient (Wildman–Crippen LogP) is 0.462. The minimum absolute atomic E-state index is 0.240. The fourth-order valence-corrected chi connectivity index (χ4v) is 0.971. The molecular weight excluding hydrogens is 214 g/mol. The molecule has 4 nitrogen and oxygen atoms in total. The molecule has 2 amide bonds. The zero-order valence-corrected chi connectivity index (χ0v) is 7.46. The summed E-state index contributed by atoms with van der Waals surface area (Å²) in [6.07, 6.45) is 0.558. The van der Waals surface area contributed by atoms with Crippen LogP contribution in [0.25, 0.3) is 0 Å². The van der Waals surface area contributed by atoms with Crippen molar-refractivity contribution in [1.82, 2.24) is 5.06 Å². The zero-order valence-electron chi connectivity index (χ0n) is 5.88. The van der Waals surface area contributed by atoms with Gasteiger partial charge >= 0.3 is 0 Å². The lowest BCUT2D eigenvalue weighted by Gasteiger charge is -2.11. The van der Waals surface area contributed by atoms with Crippen LogP contribution in [0, 0.1) is 0 Å². The Morgan fingerprint density at radius 3 is 2.36 bits per heavy atom. The third kappa shape index (κ3) is 2.00. The average molecular weight is 222 g/mol. The molecule has 0 radical (unpaired) electrons. The van der Waals surface area contributed by atoms with Gasteiger partial charge in [-0.25, -0.2) is 0 Å². The van der Waals surface area contributed by atoms with Crippen molar-refractivity contribution in [3.05, 3.63) is 0 Å². The largest absolute Gasteiger partial charge is 0.272 e. The van der Waals surface area contributed by atoms with Crippen LogP contribution < -0.4 is 0 Å². The molecule has 62 valence electrons. The van der Waals surface area contributed by atoms with Crippen molar-refractivity contribution in [3.63, 3.8) is 0 Å². The Morgan fingerprint density at radius 1 is 1.36 bits per heavy atom. The smallest absolute Gasteiger partial charge is 0.253 e. The average Bonchev–Trinajstić information content (AvgIpc) is 2.29. The van der Waals surface area contributed by atoms with E-state index in [9.17, 15) is 9.59 Å². The molecule has 1 rings (SSSR count). The van der Waals surface area contributed by atoms with Crippen molar-refractivity contribution in [3.8, 4) is 0 Å². The third-order valence-corrected chi connectivity index (χ3v) is 1.63. The maximum absolute atomic E-state index is 10.9. The van der Waals surface area contributed by atoms with Crippen molar-refractivity contribution in [2.75, 3.05) is 11.9 Å². The molecule has 0 spiro atoms. The molecule has 1 aliphatic heterocycles. The van der Waals surface area contributed by atoms with E-state index in [2.05, 4.69) is 15.9 Å². The lowest BCUT2D eigenvalue weighted by atomic mass is 10.4. The van der Waals surface area contributed by atoms with E-state index in [4.69, 9.17) is 4.84 Å². The van der Waals surface area contributed by atoms with Gasteiger partial charge in [0.15, 0.2) is 0 Å². The highest BCUT2D eigenvalue weighted by atomic mass is 79.9. The van der Waals surface area contributed by atoms with Crippen molar-refractivity contribution < 1.29 is 14.4 Å². The summed E-state index contributed by atoms with van der Waals surface area (Å²) >= 11 is 3.12. The van der Waals surface area contributed by atoms with Crippen LogP contribution in [-0.4, -0.2) is 28.8 Å². The lowest BCUT2D eigenvalue weighted by Crippen LogP contribution is -2.29. The van der Waals surface area contributed by atoms with E-state index in [-0.39, 0.29) is 24.7 Å². The highest BCUT2D eigenvalue weighted by molar-refractivity contribution is 9.09. The molecule has 1 saturated heterocycles. The number of imide groups is 1. The molecule has 0 aromatic rings. The second kappa shape index (κ2) is 3.82. The van der Waals surface area contributed by atoms with Gasteiger partial charge in [-0.2, -0.15) is 5.06 Å². The van der Waals surface area contributed by atoms with Gasteiger partial charge in [0.05, 0.1) is 6.61 Å². The Kier molecular flexibility index (Phi) is 3.02. The normalized spacial score (nSPS) is 18.1. The number of hydrogen-bond donors (Lipinski definition) is 0. The van der Waals surface area contributed by atoms with Gasteiger partial charge in [0.2, 0.25) is 0 Å². The molecule has 0 bridgehead atoms. The van der Waals surface area contributed by atoms with E-state index >= 15 is 0 Å². The number of carbonyl (C=O) groups is 2. The molecule has 11 heavy (non-hydrogen) atoms. The van der Waals surface area contributed by atoms with Crippen LogP contribution in [0.15, 0.2) is 0 Å². The van der Waals surface area contributed by atoms with Gasteiger partial charge in [-0.15, -0.1) is 0 Å². The number of hydrogen-bond acceptors (Lipinski definition) is 3. The van der Waals surface area contributed by atoms with Gasteiger partial charge in [0.1, 0.15) is 0 Å². The number of rotatable bonds is 3. The standard InChI is InChI=1S/C6H8BrNO3/c7-3-4-11-8-5(9)1-2-6(8)10/h1-4H2. The molecule has 0 atom stereocenters. The van der Waals surface area contributed by atoms with Crippen molar-refractivity contribution in [2.45, 2.75) is 12.8 Å². The summed E-state index contributed by atoms with van der Waals surface area (Å²) in [5, 5.41) is 1.46. The molecule has 5 heteroatoms. The SMILES string of the molecule is O=C1CCC(=O)N1OCCBr. The molecule has 0 aromatic carbocycles. The van der Waals surface area contributed by atoms with Crippen LogP contribution in [0.4, 0.5) is 0 Å². The Bertz CT molecular complexity index is 167. The van der Waals surface area contributed by atoms with Gasteiger partial charge in [-0.05, 0) is 0 Å². The number of hydroxylamine groups is 2. The number of nitrogens with zero attached hydrogens (tertiary/aromatic N) is 1. The molecule has 0 aromatic heterocycles. The van der Waals surface area contributed by atoms with Crippen molar-refractivity contribution in [2.24, 2.45) is 0 Å². The maximum Gasteiger partial charge on any atom is 0.253 e. The summed E-state index contributed by atoms with van der Waals surface area (Å²) in [6.45, 7) is 0.345. The van der Waals surface area contributed by atoms with Crippen LogP contribution in [0.5, 0.6) is 0 Å². The monoisotopic (exact) mass is 221 g/mol. The topological polar surface area (TPSA) is 46.6 Å². The summed E-state index contributed by atoms with van der Waals surface area (Å²) < 4.78 is 0. The minimum atomic E-state index is -0.240. The van der Waals surface area contributed by atoms with Gasteiger partial charge < -0.3 is 0 Å². The molecule has 0 unspecified atom stereocenters. The summed E-state index contributed by atoms with van der Waals surface area (Å²) in [5.74, 6) is -0.480. The number of alkyl halides is 1. The van der Waals surface area contributed by atoms with Gasteiger partial charge in [-0.3, -0.25) is 14.4 Å². The summed E-state index contributed by atoms with van der Waals surface area (Å²) in [7, 11) is 0. The summed E-state index contributed by atoms with van der Waals surface area (Å²) in [5.41, 5.74) is 0. The van der Waals surface area contributed by atoms with Gasteiger partial charge in [0.25, 0.3) is 11.8 Å². The van der Waals surface area contributed by atoms with Crippen LogP contribution in [0.3, 0.4) is 0 Å². The van der Waals surface area contributed by atoms with Crippen LogP contribution >= 0.6 is 15.9 Å². The van der Waals surface area contributed by atoms with E-state index in [1.165, 1.54) is 0 Å². The van der Waals surface area contributed by atoms with Gasteiger partial charge in [0, 0.05) is 18.2 Å². The fraction of sp³-hybridized carbons (Fsp3) is 0.667. The lowest BCUT2D eigenvalue weighted by molar-refractivity contribution is -0.185. The maximum atomic E-state index is 10.9. The third-order valence-electron chi connectivity index (χ3n) is 1.30. The first-order chi connectivity index (χ1) is 5.25. The second-order valence-corrected chi connectivity index (χ2v) is 2.90. The Morgan fingerprint density at radius 2 is 1.91 bits per heavy atom. The highest BCUT2D eigenvalue weighted by Crippen LogP contribution is 2.11. The van der Waals surface area contributed by atoms with Crippen molar-refractivity contribution >= 4 is 27.7 Å². The van der Waals surface area contributed by atoms with E-state index in [1.807, 2.05) is 0 Å². The Labute approximate surface area is 72.6 Å². The minimum Gasteiger partial charge on any atom is -0.272 e. The Balaban J connectivity index is 2.41. The van der Waals surface area contributed by atoms with Crippen LogP contribution in [0.2, 0.25) is 0 Å². The quantitative estimate of drug-likeness (QED) is 0.514. The molecule has 1 aliphatic rings. The van der Waals surface area contributed by atoms with E-state index in [0.717, 1.165) is 5.06 Å². The predicted molar refractivity (Wildman–Crippen MR) is 40.8 cm³/mol. The fourth-order valence-electron chi connectivity index (χ4n) is 0.826. The molecule has 1 heterocycles. The summed E-state index contributed by atoms with van der Waals surface area (Å²) in [6, 6.07) is 0. The number of carbonyl (C=O) groups excluding carboxylic acids is 2. The molecule has 0 saturated carbocycles. The second-order valence-electron chi connectivity index (χ2n) is 2.10. The number of halogens is 1. The molecule has 1 fully saturated rings. The first-order valence-corrected chi connectivity index (χ1v) is 4.42. The van der Waals surface area contributed by atoms with E-state index < -0.39 is 0 Å². The Hall–Kier alpha value is -0.420. The van der Waals surface area contributed by atoms with Gasteiger partial charge in [-0.1, -0.05) is 15.9 Å². The molecular formula is C6H8BrNO3.